The van der Waals surface area contributed by atoms with Crippen LogP contribution in [0.1, 0.15) is 23.8 Å². The molecule has 0 bridgehead atoms. The number of thioether (sulfide) groups is 1. The first-order chi connectivity index (χ1) is 8.79. The first-order valence-corrected chi connectivity index (χ1v) is 7.51. The molecule has 0 aromatic carbocycles. The number of nitrogens with one attached hydrogen (secondary N) is 2. The molecule has 1 aromatic heterocycles. The van der Waals surface area contributed by atoms with Crippen LogP contribution in [0.2, 0.25) is 0 Å². The minimum atomic E-state index is -0.113. The summed E-state index contributed by atoms with van der Waals surface area (Å²) in [6.45, 7) is 3.50. The number of hydrogen-bond acceptors (Lipinski definition) is 4. The summed E-state index contributed by atoms with van der Waals surface area (Å²) in [5.74, 6) is 3.14. The molecular formula is C13H19N3OS. The second-order valence-corrected chi connectivity index (χ2v) is 5.55. The summed E-state index contributed by atoms with van der Waals surface area (Å²) < 4.78 is 0. The lowest BCUT2D eigenvalue weighted by molar-refractivity contribution is 0.0951. The van der Waals surface area contributed by atoms with E-state index in [4.69, 9.17) is 0 Å². The van der Waals surface area contributed by atoms with Crippen LogP contribution >= 0.6 is 11.8 Å². The number of pyridine rings is 1. The monoisotopic (exact) mass is 265 g/mol. The Kier molecular flexibility index (Phi) is 4.87. The summed E-state index contributed by atoms with van der Waals surface area (Å²) in [6.07, 6.45) is 2.96. The second kappa shape index (κ2) is 6.64. The molecule has 2 rings (SSSR count). The lowest BCUT2D eigenvalue weighted by Gasteiger charge is -2.11. The highest BCUT2D eigenvalue weighted by Crippen LogP contribution is 2.23. The van der Waals surface area contributed by atoms with E-state index in [9.17, 15) is 4.79 Å². The van der Waals surface area contributed by atoms with Gasteiger partial charge in [0.15, 0.2) is 0 Å². The molecule has 1 atom stereocenters. The van der Waals surface area contributed by atoms with Crippen molar-refractivity contribution >= 4 is 23.4 Å². The topological polar surface area (TPSA) is 54.0 Å². The first kappa shape index (κ1) is 13.2. The number of anilines is 1. The van der Waals surface area contributed by atoms with E-state index in [1.165, 1.54) is 17.9 Å². The fourth-order valence-corrected chi connectivity index (χ4v) is 3.21. The fourth-order valence-electron chi connectivity index (χ4n) is 1.92. The molecule has 1 saturated heterocycles. The molecule has 1 unspecified atom stereocenters. The third-order valence-corrected chi connectivity index (χ3v) is 4.18. The predicted octanol–water partition coefficient (Wildman–Crippen LogP) is 2.00. The summed E-state index contributed by atoms with van der Waals surface area (Å²) >= 11 is 2.02. The molecule has 0 spiro atoms. The molecule has 98 valence electrons. The van der Waals surface area contributed by atoms with Crippen LogP contribution in [0.25, 0.3) is 0 Å². The smallest absolute Gasteiger partial charge is 0.269 e. The van der Waals surface area contributed by atoms with Crippen LogP contribution in [0.3, 0.4) is 0 Å². The summed E-state index contributed by atoms with van der Waals surface area (Å²) in [5.41, 5.74) is 1.45. The summed E-state index contributed by atoms with van der Waals surface area (Å²) in [5, 5.41) is 6.14. The van der Waals surface area contributed by atoms with Gasteiger partial charge in [-0.2, -0.15) is 11.8 Å². The lowest BCUT2D eigenvalue weighted by atomic mass is 10.1. The Morgan fingerprint density at radius 1 is 1.61 bits per heavy atom. The number of carbonyl (C=O) groups is 1. The molecule has 1 aliphatic heterocycles. The van der Waals surface area contributed by atoms with Crippen molar-refractivity contribution in [1.29, 1.82) is 0 Å². The zero-order valence-electron chi connectivity index (χ0n) is 10.6. The van der Waals surface area contributed by atoms with E-state index in [-0.39, 0.29) is 5.91 Å². The third kappa shape index (κ3) is 3.63. The van der Waals surface area contributed by atoms with E-state index in [0.717, 1.165) is 18.2 Å². The Morgan fingerprint density at radius 2 is 2.50 bits per heavy atom. The standard InChI is InChI=1S/C13H19N3OS/c1-2-14-13(17)12-7-11(3-5-15-12)16-8-10-4-6-18-9-10/h3,5,7,10H,2,4,6,8-9H2,1H3,(H,14,17)(H,15,16). The molecule has 1 aliphatic rings. The maximum absolute atomic E-state index is 11.7. The van der Waals surface area contributed by atoms with E-state index in [1.807, 2.05) is 30.8 Å². The van der Waals surface area contributed by atoms with Gasteiger partial charge in [-0.05, 0) is 42.9 Å². The van der Waals surface area contributed by atoms with Crippen LogP contribution in [0.15, 0.2) is 18.3 Å². The van der Waals surface area contributed by atoms with Gasteiger partial charge in [0.1, 0.15) is 5.69 Å². The Balaban J connectivity index is 1.91. The molecule has 0 aliphatic carbocycles. The van der Waals surface area contributed by atoms with E-state index in [2.05, 4.69) is 15.6 Å². The van der Waals surface area contributed by atoms with Crippen LogP contribution < -0.4 is 10.6 Å². The minimum absolute atomic E-state index is 0.113. The summed E-state index contributed by atoms with van der Waals surface area (Å²) in [4.78, 5) is 15.7. The molecule has 1 aromatic rings. The first-order valence-electron chi connectivity index (χ1n) is 6.35. The molecule has 1 amide bonds. The number of carbonyl (C=O) groups excluding carboxylic acids is 1. The molecule has 4 nitrogen and oxygen atoms in total. The third-order valence-electron chi connectivity index (χ3n) is 2.95. The zero-order chi connectivity index (χ0) is 12.8. The van der Waals surface area contributed by atoms with Gasteiger partial charge in [-0.3, -0.25) is 9.78 Å². The van der Waals surface area contributed by atoms with Crippen molar-refractivity contribution in [2.45, 2.75) is 13.3 Å². The Morgan fingerprint density at radius 3 is 3.22 bits per heavy atom. The van der Waals surface area contributed by atoms with Crippen molar-refractivity contribution in [2.75, 3.05) is 29.9 Å². The van der Waals surface area contributed by atoms with Gasteiger partial charge >= 0.3 is 0 Å². The maximum atomic E-state index is 11.7. The van der Waals surface area contributed by atoms with Crippen molar-refractivity contribution in [3.63, 3.8) is 0 Å². The van der Waals surface area contributed by atoms with Gasteiger partial charge in [0.25, 0.3) is 5.91 Å². The van der Waals surface area contributed by atoms with E-state index < -0.39 is 0 Å². The highest BCUT2D eigenvalue weighted by atomic mass is 32.2. The molecular weight excluding hydrogens is 246 g/mol. The Hall–Kier alpha value is -1.23. The molecule has 1 fully saturated rings. The molecule has 5 heteroatoms. The predicted molar refractivity (Wildman–Crippen MR) is 76.2 cm³/mol. The zero-order valence-corrected chi connectivity index (χ0v) is 11.4. The van der Waals surface area contributed by atoms with Gasteiger partial charge in [-0.15, -0.1) is 0 Å². The normalized spacial score (nSPS) is 18.6. The maximum Gasteiger partial charge on any atom is 0.269 e. The van der Waals surface area contributed by atoms with Crippen LogP contribution in [0, 0.1) is 5.92 Å². The summed E-state index contributed by atoms with van der Waals surface area (Å²) in [7, 11) is 0. The van der Waals surface area contributed by atoms with Crippen molar-refractivity contribution in [3.8, 4) is 0 Å². The molecule has 18 heavy (non-hydrogen) atoms. The molecule has 0 radical (unpaired) electrons. The lowest BCUT2D eigenvalue weighted by Crippen LogP contribution is -2.23. The Bertz CT molecular complexity index is 405. The highest BCUT2D eigenvalue weighted by Gasteiger charge is 2.15. The van der Waals surface area contributed by atoms with Gasteiger partial charge in [0.05, 0.1) is 0 Å². The number of rotatable bonds is 5. The Labute approximate surface area is 112 Å². The molecule has 0 saturated carbocycles. The average molecular weight is 265 g/mol. The fraction of sp³-hybridized carbons (Fsp3) is 0.538. The summed E-state index contributed by atoms with van der Waals surface area (Å²) in [6, 6.07) is 3.72. The molecule has 2 heterocycles. The van der Waals surface area contributed by atoms with E-state index in [1.54, 1.807) is 6.20 Å². The van der Waals surface area contributed by atoms with Gasteiger partial charge in [0, 0.05) is 25.0 Å². The van der Waals surface area contributed by atoms with E-state index in [0.29, 0.717) is 12.2 Å². The average Bonchev–Trinajstić information content (AvgIpc) is 2.90. The minimum Gasteiger partial charge on any atom is -0.385 e. The van der Waals surface area contributed by atoms with Crippen molar-refractivity contribution in [3.05, 3.63) is 24.0 Å². The van der Waals surface area contributed by atoms with Crippen molar-refractivity contribution < 1.29 is 4.79 Å². The van der Waals surface area contributed by atoms with Gasteiger partial charge in [-0.1, -0.05) is 0 Å². The van der Waals surface area contributed by atoms with Crippen molar-refractivity contribution in [1.82, 2.24) is 10.3 Å². The number of aromatic nitrogens is 1. The molecule has 2 N–H and O–H groups in total. The van der Waals surface area contributed by atoms with Crippen LogP contribution in [0.5, 0.6) is 0 Å². The van der Waals surface area contributed by atoms with Gasteiger partial charge < -0.3 is 10.6 Å². The second-order valence-electron chi connectivity index (χ2n) is 4.40. The number of nitrogens with zero attached hydrogens (tertiary/aromatic N) is 1. The number of hydrogen-bond donors (Lipinski definition) is 2. The largest absolute Gasteiger partial charge is 0.385 e. The van der Waals surface area contributed by atoms with Gasteiger partial charge in [0.2, 0.25) is 0 Å². The highest BCUT2D eigenvalue weighted by molar-refractivity contribution is 7.99. The van der Waals surface area contributed by atoms with Crippen molar-refractivity contribution in [2.24, 2.45) is 5.92 Å². The number of amides is 1. The van der Waals surface area contributed by atoms with E-state index >= 15 is 0 Å². The quantitative estimate of drug-likeness (QED) is 0.855. The van der Waals surface area contributed by atoms with Crippen LogP contribution in [0.4, 0.5) is 5.69 Å². The van der Waals surface area contributed by atoms with Crippen LogP contribution in [-0.4, -0.2) is 35.5 Å². The van der Waals surface area contributed by atoms with Gasteiger partial charge in [-0.25, -0.2) is 0 Å². The van der Waals surface area contributed by atoms with Crippen LogP contribution in [-0.2, 0) is 0 Å². The SMILES string of the molecule is CCNC(=O)c1cc(NCC2CCSC2)ccn1.